The quantitative estimate of drug-likeness (QED) is 0.425. The number of hydrogen-bond donors (Lipinski definition) is 3. The van der Waals surface area contributed by atoms with E-state index in [1.807, 2.05) is 36.4 Å². The molecule has 0 aliphatic rings. The number of benzene rings is 2. The summed E-state index contributed by atoms with van der Waals surface area (Å²) < 4.78 is 0. The third kappa shape index (κ3) is 5.01. The van der Waals surface area contributed by atoms with E-state index in [1.54, 1.807) is 36.7 Å². The smallest absolute Gasteiger partial charge is 0.273 e. The minimum absolute atomic E-state index is 0.0407. The average Bonchev–Trinajstić information content (AvgIpc) is 2.88. The molecule has 4 rings (SSSR count). The maximum Gasteiger partial charge on any atom is 0.273 e. The summed E-state index contributed by atoms with van der Waals surface area (Å²) in [6, 6.07) is 18.8. The molecule has 0 aliphatic carbocycles. The highest BCUT2D eigenvalue weighted by atomic mass is 16.2. The molecule has 0 saturated heterocycles. The van der Waals surface area contributed by atoms with Gasteiger partial charge in [0.1, 0.15) is 0 Å². The first-order valence-electron chi connectivity index (χ1n) is 10.3. The van der Waals surface area contributed by atoms with Crippen LogP contribution in [0.15, 0.2) is 79.3 Å². The fourth-order valence-corrected chi connectivity index (χ4v) is 3.33. The van der Waals surface area contributed by atoms with Crippen LogP contribution in [0.5, 0.6) is 0 Å². The standard InChI is InChI=1S/C25H22N6O2/c1-27-25(33)22-23(26)29-15-21(31-22)19-6-3-7-20(13-19)24(32)30-14-16-4-2-5-18(12-16)17-8-10-28-11-9-17/h2-13,15H,14H2,1H3,(H2,26,29)(H,27,33)(H,30,32). The Kier molecular flexibility index (Phi) is 6.36. The Hall–Kier alpha value is -4.59. The van der Waals surface area contributed by atoms with Gasteiger partial charge >= 0.3 is 0 Å². The molecule has 2 amide bonds. The molecule has 164 valence electrons. The summed E-state index contributed by atoms with van der Waals surface area (Å²) in [7, 11) is 1.49. The van der Waals surface area contributed by atoms with Gasteiger partial charge in [-0.3, -0.25) is 14.6 Å². The summed E-state index contributed by atoms with van der Waals surface area (Å²) in [5, 5.41) is 5.44. The van der Waals surface area contributed by atoms with Gasteiger partial charge in [-0.2, -0.15) is 0 Å². The van der Waals surface area contributed by atoms with Gasteiger partial charge in [-0.05, 0) is 47.0 Å². The zero-order valence-corrected chi connectivity index (χ0v) is 17.9. The van der Waals surface area contributed by atoms with Crippen LogP contribution in [0.25, 0.3) is 22.4 Å². The van der Waals surface area contributed by atoms with E-state index in [0.29, 0.717) is 23.4 Å². The van der Waals surface area contributed by atoms with Crippen molar-refractivity contribution in [2.45, 2.75) is 6.54 Å². The van der Waals surface area contributed by atoms with Gasteiger partial charge in [0.25, 0.3) is 11.8 Å². The summed E-state index contributed by atoms with van der Waals surface area (Å²) in [6.45, 7) is 0.379. The number of amides is 2. The van der Waals surface area contributed by atoms with Crippen molar-refractivity contribution >= 4 is 17.6 Å². The highest BCUT2D eigenvalue weighted by Crippen LogP contribution is 2.21. The Morgan fingerprint density at radius 3 is 2.45 bits per heavy atom. The molecule has 0 radical (unpaired) electrons. The zero-order chi connectivity index (χ0) is 23.2. The molecule has 0 atom stereocenters. The number of hydrogen-bond acceptors (Lipinski definition) is 6. The molecule has 33 heavy (non-hydrogen) atoms. The lowest BCUT2D eigenvalue weighted by Gasteiger charge is -2.09. The number of nitrogen functional groups attached to an aromatic ring is 1. The van der Waals surface area contributed by atoms with Crippen LogP contribution < -0.4 is 16.4 Å². The highest BCUT2D eigenvalue weighted by Gasteiger charge is 2.14. The Morgan fingerprint density at radius 2 is 1.67 bits per heavy atom. The molecule has 4 N–H and O–H groups in total. The first-order valence-corrected chi connectivity index (χ1v) is 10.3. The fourth-order valence-electron chi connectivity index (χ4n) is 3.33. The number of carbonyl (C=O) groups is 2. The van der Waals surface area contributed by atoms with Crippen molar-refractivity contribution in [3.05, 3.63) is 96.1 Å². The normalized spacial score (nSPS) is 10.5. The predicted octanol–water partition coefficient (Wildman–Crippen LogP) is 3.08. The van der Waals surface area contributed by atoms with Crippen LogP contribution >= 0.6 is 0 Å². The van der Waals surface area contributed by atoms with Gasteiger partial charge in [0.15, 0.2) is 11.5 Å². The lowest BCUT2D eigenvalue weighted by molar-refractivity contribution is 0.0945. The van der Waals surface area contributed by atoms with Crippen molar-refractivity contribution in [1.29, 1.82) is 0 Å². The number of nitrogens with zero attached hydrogens (tertiary/aromatic N) is 3. The van der Waals surface area contributed by atoms with Crippen molar-refractivity contribution in [3.8, 4) is 22.4 Å². The maximum absolute atomic E-state index is 12.8. The molecule has 2 heterocycles. The third-order valence-electron chi connectivity index (χ3n) is 5.06. The average molecular weight is 438 g/mol. The van der Waals surface area contributed by atoms with E-state index in [-0.39, 0.29) is 17.4 Å². The molecule has 0 unspecified atom stereocenters. The van der Waals surface area contributed by atoms with Crippen molar-refractivity contribution in [2.75, 3.05) is 12.8 Å². The Morgan fingerprint density at radius 1 is 0.909 bits per heavy atom. The Balaban J connectivity index is 1.50. The summed E-state index contributed by atoms with van der Waals surface area (Å²) in [5.74, 6) is -0.605. The van der Waals surface area contributed by atoms with Crippen LogP contribution in [0.3, 0.4) is 0 Å². The van der Waals surface area contributed by atoms with Gasteiger partial charge < -0.3 is 16.4 Å². The summed E-state index contributed by atoms with van der Waals surface area (Å²) in [4.78, 5) is 37.2. The highest BCUT2D eigenvalue weighted by molar-refractivity contribution is 5.97. The number of rotatable bonds is 6. The Labute approximate surface area is 190 Å². The molecule has 2 aromatic carbocycles. The van der Waals surface area contributed by atoms with Crippen molar-refractivity contribution in [3.63, 3.8) is 0 Å². The zero-order valence-electron chi connectivity index (χ0n) is 17.9. The van der Waals surface area contributed by atoms with Crippen molar-refractivity contribution in [2.24, 2.45) is 0 Å². The van der Waals surface area contributed by atoms with E-state index in [0.717, 1.165) is 16.7 Å². The number of pyridine rings is 1. The molecular formula is C25H22N6O2. The molecule has 0 aliphatic heterocycles. The molecule has 4 aromatic rings. The molecule has 8 nitrogen and oxygen atoms in total. The van der Waals surface area contributed by atoms with E-state index in [1.165, 1.54) is 13.2 Å². The second kappa shape index (κ2) is 9.69. The summed E-state index contributed by atoms with van der Waals surface area (Å²) in [5.41, 5.74) is 10.5. The van der Waals surface area contributed by atoms with E-state index in [4.69, 9.17) is 5.73 Å². The lowest BCUT2D eigenvalue weighted by atomic mass is 10.0. The maximum atomic E-state index is 12.8. The van der Waals surface area contributed by atoms with Crippen LogP contribution in [0.1, 0.15) is 26.4 Å². The topological polar surface area (TPSA) is 123 Å². The molecule has 0 spiro atoms. The molecule has 8 heteroatoms. The molecule has 2 aromatic heterocycles. The number of nitrogens with one attached hydrogen (secondary N) is 2. The number of carbonyl (C=O) groups excluding carboxylic acids is 2. The largest absolute Gasteiger partial charge is 0.382 e. The van der Waals surface area contributed by atoms with Gasteiger partial charge in [-0.1, -0.05) is 30.3 Å². The van der Waals surface area contributed by atoms with Crippen molar-refractivity contribution in [1.82, 2.24) is 25.6 Å². The SMILES string of the molecule is CNC(=O)c1nc(-c2cccc(C(=O)NCc3cccc(-c4ccncc4)c3)c2)cnc1N. The molecule has 0 bridgehead atoms. The summed E-state index contributed by atoms with van der Waals surface area (Å²) >= 11 is 0. The first-order chi connectivity index (χ1) is 16.0. The van der Waals surface area contributed by atoms with Crippen LogP contribution in [-0.2, 0) is 6.54 Å². The van der Waals surface area contributed by atoms with Gasteiger partial charge in [-0.15, -0.1) is 0 Å². The number of anilines is 1. The van der Waals surface area contributed by atoms with E-state index in [9.17, 15) is 9.59 Å². The van der Waals surface area contributed by atoms with Gasteiger partial charge in [0.2, 0.25) is 0 Å². The second-order valence-corrected chi connectivity index (χ2v) is 7.27. The van der Waals surface area contributed by atoms with Crippen LogP contribution in [0, 0.1) is 0 Å². The third-order valence-corrected chi connectivity index (χ3v) is 5.06. The first kappa shape index (κ1) is 21.6. The Bertz CT molecular complexity index is 1310. The van der Waals surface area contributed by atoms with Crippen LogP contribution in [0.2, 0.25) is 0 Å². The fraction of sp³-hybridized carbons (Fsp3) is 0.0800. The minimum Gasteiger partial charge on any atom is -0.382 e. The van der Waals surface area contributed by atoms with E-state index >= 15 is 0 Å². The van der Waals surface area contributed by atoms with E-state index < -0.39 is 5.91 Å². The van der Waals surface area contributed by atoms with Crippen molar-refractivity contribution < 1.29 is 9.59 Å². The van der Waals surface area contributed by atoms with Gasteiger partial charge in [0.05, 0.1) is 11.9 Å². The van der Waals surface area contributed by atoms with Crippen LogP contribution in [0.4, 0.5) is 5.82 Å². The molecular weight excluding hydrogens is 416 g/mol. The number of aromatic nitrogens is 3. The molecule has 0 saturated carbocycles. The van der Waals surface area contributed by atoms with E-state index in [2.05, 4.69) is 25.6 Å². The minimum atomic E-state index is -0.426. The summed E-state index contributed by atoms with van der Waals surface area (Å²) in [6.07, 6.45) is 4.98. The van der Waals surface area contributed by atoms with Gasteiger partial charge in [-0.25, -0.2) is 9.97 Å². The monoisotopic (exact) mass is 438 g/mol. The lowest BCUT2D eigenvalue weighted by Crippen LogP contribution is -2.23. The van der Waals surface area contributed by atoms with Gasteiger partial charge in [0, 0.05) is 37.1 Å². The second-order valence-electron chi connectivity index (χ2n) is 7.27. The number of nitrogens with two attached hydrogens (primary N) is 1. The predicted molar refractivity (Wildman–Crippen MR) is 126 cm³/mol. The van der Waals surface area contributed by atoms with Crippen LogP contribution in [-0.4, -0.2) is 33.8 Å². The molecule has 0 fully saturated rings.